The van der Waals surface area contributed by atoms with E-state index in [-0.39, 0.29) is 34.4 Å². The highest BCUT2D eigenvalue weighted by Crippen LogP contribution is 2.39. The van der Waals surface area contributed by atoms with Crippen LogP contribution in [0.1, 0.15) is 0 Å². The number of ether oxygens (including phenoxy) is 2. The molecule has 0 spiro atoms. The minimum absolute atomic E-state index is 0.0499. The van der Waals surface area contributed by atoms with Gasteiger partial charge < -0.3 is 14.0 Å². The maximum Gasteiger partial charge on any atom is 0.387 e. The van der Waals surface area contributed by atoms with E-state index in [4.69, 9.17) is 16.3 Å². The van der Waals surface area contributed by atoms with Crippen LogP contribution in [0.3, 0.4) is 0 Å². The third-order valence-corrected chi connectivity index (χ3v) is 5.72. The molecule has 0 saturated carbocycles. The van der Waals surface area contributed by atoms with Crippen LogP contribution in [0.4, 0.5) is 14.5 Å². The summed E-state index contributed by atoms with van der Waals surface area (Å²) in [6, 6.07) is 6.23. The van der Waals surface area contributed by atoms with Gasteiger partial charge in [-0.3, -0.25) is 10.1 Å². The van der Waals surface area contributed by atoms with Crippen molar-refractivity contribution in [2.45, 2.75) is 39.0 Å². The molecule has 2 aromatic rings. The van der Waals surface area contributed by atoms with Crippen molar-refractivity contribution < 1.29 is 23.2 Å². The van der Waals surface area contributed by atoms with Crippen LogP contribution in [0.2, 0.25) is 30.7 Å². The molecule has 0 aliphatic carbocycles. The number of alkyl halides is 2. The van der Waals surface area contributed by atoms with Crippen molar-refractivity contribution in [2.75, 3.05) is 6.61 Å². The summed E-state index contributed by atoms with van der Waals surface area (Å²) >= 11 is 5.98. The second-order valence-corrected chi connectivity index (χ2v) is 13.2. The maximum atomic E-state index is 12.7. The molecule has 6 nitrogen and oxygen atoms in total. The van der Waals surface area contributed by atoms with Gasteiger partial charge in [0.1, 0.15) is 18.2 Å². The molecule has 148 valence electrons. The normalized spacial score (nSPS) is 11.8. The SMILES string of the molecule is C[Si](C)(C)CCOCn1ccc([N+](=O)[O-])c1-c1cc(Cl)ccc1OC(F)F. The van der Waals surface area contributed by atoms with Gasteiger partial charge in [-0.15, -0.1) is 0 Å². The summed E-state index contributed by atoms with van der Waals surface area (Å²) < 4.78 is 37.2. The van der Waals surface area contributed by atoms with Gasteiger partial charge in [0.25, 0.3) is 5.69 Å². The van der Waals surface area contributed by atoms with Gasteiger partial charge in [-0.1, -0.05) is 31.2 Å². The molecule has 0 fully saturated rings. The van der Waals surface area contributed by atoms with Crippen molar-refractivity contribution in [1.82, 2.24) is 4.57 Å². The molecule has 0 atom stereocenters. The molecule has 0 unspecified atom stereocenters. The van der Waals surface area contributed by atoms with E-state index in [0.29, 0.717) is 6.61 Å². The van der Waals surface area contributed by atoms with Crippen LogP contribution in [0.25, 0.3) is 11.3 Å². The van der Waals surface area contributed by atoms with E-state index < -0.39 is 19.6 Å². The molecule has 1 heterocycles. The predicted octanol–water partition coefficient (Wildman–Crippen LogP) is 5.63. The third-order valence-electron chi connectivity index (χ3n) is 3.78. The second kappa shape index (κ2) is 8.81. The predicted molar refractivity (Wildman–Crippen MR) is 102 cm³/mol. The van der Waals surface area contributed by atoms with Crippen LogP contribution in [-0.4, -0.2) is 30.8 Å². The topological polar surface area (TPSA) is 66.5 Å². The smallest absolute Gasteiger partial charge is 0.387 e. The minimum atomic E-state index is -3.07. The first-order valence-electron chi connectivity index (χ1n) is 8.24. The minimum Gasteiger partial charge on any atom is -0.434 e. The second-order valence-electron chi connectivity index (χ2n) is 7.14. The zero-order chi connectivity index (χ0) is 20.2. The average Bonchev–Trinajstić information content (AvgIpc) is 2.96. The highest BCUT2D eigenvalue weighted by Gasteiger charge is 2.25. The van der Waals surface area contributed by atoms with Crippen molar-refractivity contribution in [1.29, 1.82) is 0 Å². The molecule has 2 rings (SSSR count). The molecule has 0 radical (unpaired) electrons. The summed E-state index contributed by atoms with van der Waals surface area (Å²) in [5, 5.41) is 11.7. The highest BCUT2D eigenvalue weighted by molar-refractivity contribution is 6.76. The zero-order valence-electron chi connectivity index (χ0n) is 15.2. The highest BCUT2D eigenvalue weighted by atomic mass is 35.5. The Labute approximate surface area is 161 Å². The Morgan fingerprint density at radius 1 is 1.30 bits per heavy atom. The van der Waals surface area contributed by atoms with Crippen LogP contribution in [0, 0.1) is 10.1 Å². The van der Waals surface area contributed by atoms with E-state index in [1.807, 2.05) is 0 Å². The van der Waals surface area contributed by atoms with Crippen LogP contribution in [0.15, 0.2) is 30.5 Å². The zero-order valence-corrected chi connectivity index (χ0v) is 17.0. The molecule has 0 amide bonds. The fourth-order valence-electron chi connectivity index (χ4n) is 2.44. The molecular weight excluding hydrogens is 398 g/mol. The van der Waals surface area contributed by atoms with Gasteiger partial charge in [-0.25, -0.2) is 0 Å². The van der Waals surface area contributed by atoms with E-state index in [1.165, 1.54) is 35.0 Å². The van der Waals surface area contributed by atoms with Crippen molar-refractivity contribution in [3.8, 4) is 17.0 Å². The molecule has 0 N–H and O–H groups in total. The lowest BCUT2D eigenvalue weighted by Crippen LogP contribution is -2.22. The van der Waals surface area contributed by atoms with E-state index in [0.717, 1.165) is 6.04 Å². The Morgan fingerprint density at radius 3 is 2.59 bits per heavy atom. The first kappa shape index (κ1) is 21.3. The number of hydrogen-bond donors (Lipinski definition) is 0. The molecule has 1 aromatic carbocycles. The van der Waals surface area contributed by atoms with Gasteiger partial charge in [0.15, 0.2) is 0 Å². The summed E-state index contributed by atoms with van der Waals surface area (Å²) in [6.45, 7) is 4.12. The Kier molecular flexibility index (Phi) is 6.96. The first-order valence-corrected chi connectivity index (χ1v) is 12.3. The Hall–Kier alpha value is -1.97. The lowest BCUT2D eigenvalue weighted by molar-refractivity contribution is -0.384. The number of rotatable bonds is 9. The van der Waals surface area contributed by atoms with Crippen molar-refractivity contribution in [3.05, 3.63) is 45.6 Å². The van der Waals surface area contributed by atoms with Crippen LogP contribution in [-0.2, 0) is 11.5 Å². The van der Waals surface area contributed by atoms with Crippen LogP contribution >= 0.6 is 11.6 Å². The maximum absolute atomic E-state index is 12.7. The summed E-state index contributed by atoms with van der Waals surface area (Å²) in [5.41, 5.74) is -0.0374. The van der Waals surface area contributed by atoms with Gasteiger partial charge in [0, 0.05) is 37.5 Å². The number of hydrogen-bond acceptors (Lipinski definition) is 4. The Bertz CT molecular complexity index is 809. The number of nitro groups is 1. The first-order chi connectivity index (χ1) is 12.6. The molecule has 27 heavy (non-hydrogen) atoms. The van der Waals surface area contributed by atoms with Crippen LogP contribution < -0.4 is 4.74 Å². The van der Waals surface area contributed by atoms with Crippen LogP contribution in [0.5, 0.6) is 5.75 Å². The molecule has 1 aromatic heterocycles. The van der Waals surface area contributed by atoms with Crippen molar-refractivity contribution >= 4 is 25.4 Å². The molecule has 0 saturated heterocycles. The standard InChI is InChI=1S/C17H21ClF2N2O4Si/c1-27(2,3)9-8-25-11-21-7-6-14(22(23)24)16(21)13-10-12(18)4-5-15(13)26-17(19)20/h4-7,10,17H,8-9,11H2,1-3H3. The Morgan fingerprint density at radius 2 is 2.00 bits per heavy atom. The van der Waals surface area contributed by atoms with Gasteiger partial charge in [0.2, 0.25) is 0 Å². The van der Waals surface area contributed by atoms with Gasteiger partial charge in [-0.05, 0) is 24.2 Å². The summed E-state index contributed by atoms with van der Waals surface area (Å²) in [5.74, 6) is -0.195. The van der Waals surface area contributed by atoms with E-state index in [9.17, 15) is 18.9 Å². The molecular formula is C17H21ClF2N2O4Si. The van der Waals surface area contributed by atoms with Gasteiger partial charge in [0.05, 0.1) is 4.92 Å². The lowest BCUT2D eigenvalue weighted by Gasteiger charge is -2.17. The van der Waals surface area contributed by atoms with Crippen molar-refractivity contribution in [2.24, 2.45) is 0 Å². The quantitative estimate of drug-likeness (QED) is 0.229. The Balaban J connectivity index is 2.39. The monoisotopic (exact) mass is 418 g/mol. The van der Waals surface area contributed by atoms with E-state index in [2.05, 4.69) is 24.4 Å². The summed E-state index contributed by atoms with van der Waals surface area (Å²) in [4.78, 5) is 10.8. The van der Waals surface area contributed by atoms with Crippen molar-refractivity contribution in [3.63, 3.8) is 0 Å². The summed E-state index contributed by atoms with van der Waals surface area (Å²) in [7, 11) is -1.28. The molecule has 0 aliphatic rings. The van der Waals surface area contributed by atoms with Gasteiger partial charge >= 0.3 is 6.61 Å². The lowest BCUT2D eigenvalue weighted by atomic mass is 10.1. The fraction of sp³-hybridized carbons (Fsp3) is 0.412. The summed E-state index contributed by atoms with van der Waals surface area (Å²) in [6.07, 6.45) is 1.48. The number of nitrogens with zero attached hydrogens (tertiary/aromatic N) is 2. The number of benzene rings is 1. The molecule has 0 aliphatic heterocycles. The van der Waals surface area contributed by atoms with E-state index >= 15 is 0 Å². The largest absolute Gasteiger partial charge is 0.434 e. The third kappa shape index (κ3) is 6.01. The number of aromatic nitrogens is 1. The molecule has 0 bridgehead atoms. The molecule has 10 heteroatoms. The fourth-order valence-corrected chi connectivity index (χ4v) is 3.36. The van der Waals surface area contributed by atoms with Gasteiger partial charge in [-0.2, -0.15) is 8.78 Å². The number of halogens is 3. The van der Waals surface area contributed by atoms with E-state index in [1.54, 1.807) is 0 Å². The average molecular weight is 419 g/mol.